The molecule has 0 bridgehead atoms. The summed E-state index contributed by atoms with van der Waals surface area (Å²) in [5, 5.41) is 3.09. The Balaban J connectivity index is 1.44. The quantitative estimate of drug-likeness (QED) is 0.675. The maximum atomic E-state index is 13.3. The highest BCUT2D eigenvalue weighted by molar-refractivity contribution is 5.87. The monoisotopic (exact) mass is 440 g/mol. The largest absolute Gasteiger partial charge is 0.454 e. The van der Waals surface area contributed by atoms with Crippen LogP contribution in [-0.2, 0) is 22.6 Å². The van der Waals surface area contributed by atoms with E-state index in [0.717, 1.165) is 36.8 Å². The Labute approximate surface area is 187 Å². The molecule has 7 heteroatoms. The van der Waals surface area contributed by atoms with Crippen molar-refractivity contribution in [3.8, 4) is 11.5 Å². The Morgan fingerprint density at radius 2 is 1.75 bits per heavy atom. The number of nitrogens with zero attached hydrogens (tertiary/aromatic N) is 1. The molecule has 32 heavy (non-hydrogen) atoms. The second kappa shape index (κ2) is 10.0. The third-order valence-corrected chi connectivity index (χ3v) is 6.20. The van der Waals surface area contributed by atoms with Crippen molar-refractivity contribution in [2.45, 2.75) is 64.1 Å². The van der Waals surface area contributed by atoms with Crippen LogP contribution in [-0.4, -0.2) is 35.6 Å². The van der Waals surface area contributed by atoms with E-state index >= 15 is 0 Å². The molecule has 2 aromatic carbocycles. The van der Waals surface area contributed by atoms with Crippen LogP contribution in [0.15, 0.2) is 42.5 Å². The molecule has 2 aliphatic rings. The summed E-state index contributed by atoms with van der Waals surface area (Å²) in [7, 11) is 0. The lowest BCUT2D eigenvalue weighted by molar-refractivity contribution is -0.140. The second-order valence-electron chi connectivity index (χ2n) is 8.50. The first-order valence-corrected chi connectivity index (χ1v) is 11.2. The van der Waals surface area contributed by atoms with Crippen LogP contribution in [0.3, 0.4) is 0 Å². The van der Waals surface area contributed by atoms with Crippen molar-refractivity contribution in [1.29, 1.82) is 0 Å². The molecule has 1 aliphatic heterocycles. The topological polar surface area (TPSA) is 67.9 Å². The molecule has 0 spiro atoms. The van der Waals surface area contributed by atoms with Gasteiger partial charge in [-0.05, 0) is 61.6 Å². The zero-order chi connectivity index (χ0) is 22.5. The van der Waals surface area contributed by atoms with Crippen molar-refractivity contribution in [2.75, 3.05) is 6.79 Å². The van der Waals surface area contributed by atoms with Gasteiger partial charge in [-0.1, -0.05) is 31.0 Å². The van der Waals surface area contributed by atoms with Crippen LogP contribution >= 0.6 is 0 Å². The molecule has 2 aromatic rings. The Morgan fingerprint density at radius 1 is 1.06 bits per heavy atom. The number of rotatable bonds is 8. The highest BCUT2D eigenvalue weighted by atomic mass is 19.1. The minimum atomic E-state index is -0.620. The van der Waals surface area contributed by atoms with Gasteiger partial charge in [0.1, 0.15) is 11.9 Å². The Kier molecular flexibility index (Phi) is 6.93. The van der Waals surface area contributed by atoms with E-state index in [4.69, 9.17) is 9.47 Å². The standard InChI is InChI=1S/C25H29FN2O4/c1-17(25(30)27-21-4-2-3-5-21)28(15-19-6-10-20(26)11-7-19)24(29)13-9-18-8-12-22-23(14-18)32-16-31-22/h6-8,10-12,14,17,21H,2-5,9,13,15-16H2,1H3,(H,27,30)/t17-/m0/s1. The van der Waals surface area contributed by atoms with Crippen LogP contribution in [0.25, 0.3) is 0 Å². The van der Waals surface area contributed by atoms with Gasteiger partial charge in [-0.15, -0.1) is 0 Å². The van der Waals surface area contributed by atoms with Crippen LogP contribution in [0, 0.1) is 5.82 Å². The van der Waals surface area contributed by atoms with E-state index in [-0.39, 0.29) is 43.4 Å². The molecule has 0 unspecified atom stereocenters. The molecule has 170 valence electrons. The summed E-state index contributed by atoms with van der Waals surface area (Å²) < 4.78 is 24.1. The van der Waals surface area contributed by atoms with Crippen molar-refractivity contribution in [3.63, 3.8) is 0 Å². The first kappa shape index (κ1) is 22.1. The van der Waals surface area contributed by atoms with E-state index in [1.165, 1.54) is 12.1 Å². The van der Waals surface area contributed by atoms with Gasteiger partial charge in [0.15, 0.2) is 11.5 Å². The number of hydrogen-bond donors (Lipinski definition) is 1. The van der Waals surface area contributed by atoms with Crippen LogP contribution < -0.4 is 14.8 Å². The summed E-state index contributed by atoms with van der Waals surface area (Å²) in [4.78, 5) is 27.7. The number of hydrogen-bond acceptors (Lipinski definition) is 4. The van der Waals surface area contributed by atoms with Gasteiger partial charge < -0.3 is 19.7 Å². The highest BCUT2D eigenvalue weighted by Gasteiger charge is 2.28. The number of amides is 2. The first-order chi connectivity index (χ1) is 15.5. The molecule has 1 saturated carbocycles. The molecule has 1 fully saturated rings. The molecule has 1 atom stereocenters. The normalized spacial score (nSPS) is 16.1. The molecule has 0 radical (unpaired) electrons. The zero-order valence-electron chi connectivity index (χ0n) is 18.3. The fourth-order valence-electron chi connectivity index (χ4n) is 4.25. The highest BCUT2D eigenvalue weighted by Crippen LogP contribution is 2.32. The predicted octanol–water partition coefficient (Wildman–Crippen LogP) is 3.96. The molecule has 1 N–H and O–H groups in total. The fraction of sp³-hybridized carbons (Fsp3) is 0.440. The van der Waals surface area contributed by atoms with Gasteiger partial charge in [-0.2, -0.15) is 0 Å². The number of benzene rings is 2. The Morgan fingerprint density at radius 3 is 2.50 bits per heavy atom. The van der Waals surface area contributed by atoms with Crippen molar-refractivity contribution in [3.05, 3.63) is 59.4 Å². The summed E-state index contributed by atoms with van der Waals surface area (Å²) in [5.74, 6) is 0.788. The number of halogens is 1. The van der Waals surface area contributed by atoms with E-state index < -0.39 is 6.04 Å². The first-order valence-electron chi connectivity index (χ1n) is 11.2. The molecule has 0 saturated heterocycles. The lowest BCUT2D eigenvalue weighted by Crippen LogP contribution is -2.49. The van der Waals surface area contributed by atoms with Gasteiger partial charge in [-0.25, -0.2) is 4.39 Å². The number of fused-ring (bicyclic) bond motifs is 1. The van der Waals surface area contributed by atoms with Crippen LogP contribution in [0.2, 0.25) is 0 Å². The average molecular weight is 441 g/mol. The van der Waals surface area contributed by atoms with E-state index in [2.05, 4.69) is 5.32 Å². The van der Waals surface area contributed by atoms with E-state index in [1.54, 1.807) is 24.0 Å². The van der Waals surface area contributed by atoms with E-state index in [0.29, 0.717) is 17.9 Å². The maximum absolute atomic E-state index is 13.3. The summed E-state index contributed by atoms with van der Waals surface area (Å²) in [6.45, 7) is 2.21. The third-order valence-electron chi connectivity index (χ3n) is 6.20. The lowest BCUT2D eigenvalue weighted by atomic mass is 10.1. The van der Waals surface area contributed by atoms with E-state index in [9.17, 15) is 14.0 Å². The molecule has 1 aliphatic carbocycles. The minimum absolute atomic E-state index is 0.124. The van der Waals surface area contributed by atoms with Gasteiger partial charge in [-0.3, -0.25) is 9.59 Å². The second-order valence-corrected chi connectivity index (χ2v) is 8.50. The SMILES string of the molecule is C[C@@H](C(=O)NC1CCCC1)N(Cc1ccc(F)cc1)C(=O)CCc1ccc2c(c1)OCO2. The van der Waals surface area contributed by atoms with Crippen LogP contribution in [0.5, 0.6) is 11.5 Å². The van der Waals surface area contributed by atoms with Crippen molar-refractivity contribution < 1.29 is 23.5 Å². The van der Waals surface area contributed by atoms with Gasteiger partial charge in [0.05, 0.1) is 0 Å². The predicted molar refractivity (Wildman–Crippen MR) is 118 cm³/mol. The third kappa shape index (κ3) is 5.39. The van der Waals surface area contributed by atoms with Gasteiger partial charge >= 0.3 is 0 Å². The molecular formula is C25H29FN2O4. The summed E-state index contributed by atoms with van der Waals surface area (Å²) in [6.07, 6.45) is 4.97. The molecule has 1 heterocycles. The number of carbonyl (C=O) groups excluding carboxylic acids is 2. The van der Waals surface area contributed by atoms with Crippen LogP contribution in [0.1, 0.15) is 50.2 Å². The van der Waals surface area contributed by atoms with Gasteiger partial charge in [0.2, 0.25) is 18.6 Å². The number of aryl methyl sites for hydroxylation is 1. The van der Waals surface area contributed by atoms with Crippen molar-refractivity contribution in [2.24, 2.45) is 0 Å². The Hall–Kier alpha value is -3.09. The number of ether oxygens (including phenoxy) is 2. The summed E-state index contributed by atoms with van der Waals surface area (Å²) in [5.41, 5.74) is 1.75. The minimum Gasteiger partial charge on any atom is -0.454 e. The van der Waals surface area contributed by atoms with Gasteiger partial charge in [0, 0.05) is 19.0 Å². The molecule has 6 nitrogen and oxygen atoms in total. The summed E-state index contributed by atoms with van der Waals surface area (Å²) in [6, 6.07) is 11.2. The molecule has 4 rings (SSSR count). The smallest absolute Gasteiger partial charge is 0.242 e. The lowest BCUT2D eigenvalue weighted by Gasteiger charge is -2.30. The average Bonchev–Trinajstić information content (AvgIpc) is 3.48. The Bertz CT molecular complexity index is 957. The van der Waals surface area contributed by atoms with Crippen molar-refractivity contribution >= 4 is 11.8 Å². The fourth-order valence-corrected chi connectivity index (χ4v) is 4.25. The maximum Gasteiger partial charge on any atom is 0.242 e. The molecule has 2 amide bonds. The summed E-state index contributed by atoms with van der Waals surface area (Å²) >= 11 is 0. The molecule has 0 aromatic heterocycles. The van der Waals surface area contributed by atoms with Gasteiger partial charge in [0.25, 0.3) is 0 Å². The van der Waals surface area contributed by atoms with E-state index in [1.807, 2.05) is 18.2 Å². The zero-order valence-corrected chi connectivity index (χ0v) is 18.3. The number of carbonyl (C=O) groups is 2. The molecular weight excluding hydrogens is 411 g/mol. The van der Waals surface area contributed by atoms with Crippen LogP contribution in [0.4, 0.5) is 4.39 Å². The van der Waals surface area contributed by atoms with Crippen molar-refractivity contribution in [1.82, 2.24) is 10.2 Å². The number of nitrogens with one attached hydrogen (secondary N) is 1.